The largest absolute Gasteiger partial charge is 0.376 e. The van der Waals surface area contributed by atoms with E-state index in [1.165, 1.54) is 6.92 Å². The molecule has 6 nitrogen and oxygen atoms in total. The molecule has 1 aromatic heterocycles. The second kappa shape index (κ2) is 6.72. The molecule has 7 heteroatoms. The van der Waals surface area contributed by atoms with E-state index in [0.29, 0.717) is 25.4 Å². The molecule has 2 aromatic rings. The highest BCUT2D eigenvalue weighted by atomic mass is 32.1. The second-order valence-electron chi connectivity index (χ2n) is 6.68. The first-order chi connectivity index (χ1) is 12.1. The van der Waals surface area contributed by atoms with Crippen LogP contribution in [0.4, 0.5) is 0 Å². The number of aromatic nitrogens is 1. The van der Waals surface area contributed by atoms with Crippen molar-refractivity contribution >= 4 is 33.4 Å². The van der Waals surface area contributed by atoms with Crippen molar-refractivity contribution in [2.24, 2.45) is 5.92 Å². The van der Waals surface area contributed by atoms with Gasteiger partial charge in [-0.05, 0) is 18.6 Å². The Labute approximate surface area is 150 Å². The zero-order valence-corrected chi connectivity index (χ0v) is 14.8. The summed E-state index contributed by atoms with van der Waals surface area (Å²) < 4.78 is 6.81. The van der Waals surface area contributed by atoms with E-state index < -0.39 is 0 Å². The van der Waals surface area contributed by atoms with Crippen LogP contribution in [0.2, 0.25) is 0 Å². The van der Waals surface area contributed by atoms with Crippen LogP contribution < -0.4 is 10.6 Å². The maximum atomic E-state index is 12.4. The van der Waals surface area contributed by atoms with Crippen LogP contribution in [0.25, 0.3) is 10.2 Å². The van der Waals surface area contributed by atoms with Gasteiger partial charge in [-0.15, -0.1) is 11.3 Å². The van der Waals surface area contributed by atoms with Gasteiger partial charge in [0.2, 0.25) is 11.8 Å². The maximum Gasteiger partial charge on any atom is 0.220 e. The van der Waals surface area contributed by atoms with Crippen molar-refractivity contribution in [3.05, 3.63) is 29.3 Å². The van der Waals surface area contributed by atoms with E-state index in [2.05, 4.69) is 15.6 Å². The van der Waals surface area contributed by atoms with Gasteiger partial charge in [-0.25, -0.2) is 4.98 Å². The third kappa shape index (κ3) is 3.26. The minimum absolute atomic E-state index is 0.00459. The van der Waals surface area contributed by atoms with E-state index in [1.54, 1.807) is 11.3 Å². The molecule has 1 aliphatic heterocycles. The molecular weight excluding hydrogens is 338 g/mol. The van der Waals surface area contributed by atoms with E-state index in [-0.39, 0.29) is 30.0 Å². The highest BCUT2D eigenvalue weighted by molar-refractivity contribution is 7.18. The minimum Gasteiger partial charge on any atom is -0.376 e. The summed E-state index contributed by atoms with van der Waals surface area (Å²) in [5.74, 6) is 0.223. The number of rotatable bonds is 5. The number of nitrogens with zero attached hydrogens (tertiary/aromatic N) is 1. The number of benzene rings is 1. The summed E-state index contributed by atoms with van der Waals surface area (Å²) in [5, 5.41) is 6.98. The Morgan fingerprint density at radius 1 is 1.28 bits per heavy atom. The van der Waals surface area contributed by atoms with Crippen LogP contribution in [-0.2, 0) is 20.7 Å². The average Bonchev–Trinajstić information content (AvgIpc) is 3.19. The molecule has 1 aromatic carbocycles. The van der Waals surface area contributed by atoms with Gasteiger partial charge in [0.15, 0.2) is 0 Å². The van der Waals surface area contributed by atoms with Gasteiger partial charge >= 0.3 is 0 Å². The predicted molar refractivity (Wildman–Crippen MR) is 95.3 cm³/mol. The summed E-state index contributed by atoms with van der Waals surface area (Å²) in [5.41, 5.74) is 0.985. The zero-order chi connectivity index (χ0) is 17.4. The van der Waals surface area contributed by atoms with E-state index in [1.807, 2.05) is 24.3 Å². The molecule has 1 saturated heterocycles. The first-order valence-corrected chi connectivity index (χ1v) is 9.46. The van der Waals surface area contributed by atoms with Gasteiger partial charge in [-0.2, -0.15) is 0 Å². The Morgan fingerprint density at radius 2 is 2.12 bits per heavy atom. The molecule has 1 aliphatic carbocycles. The molecule has 0 bridgehead atoms. The fraction of sp³-hybridized carbons (Fsp3) is 0.500. The van der Waals surface area contributed by atoms with Gasteiger partial charge in [-0.1, -0.05) is 12.1 Å². The van der Waals surface area contributed by atoms with Crippen molar-refractivity contribution < 1.29 is 14.3 Å². The molecule has 0 radical (unpaired) electrons. The summed E-state index contributed by atoms with van der Waals surface area (Å²) in [4.78, 5) is 28.3. The Bertz CT molecular complexity index is 773. The highest BCUT2D eigenvalue weighted by Crippen LogP contribution is 2.39. The number of ether oxygens (including phenoxy) is 1. The SMILES string of the molecule is CC(=O)N[C@@H]1[C@@H](NC(=O)CCc2nc3ccccc3s2)[C@H]2CCO[C@H]21. The van der Waals surface area contributed by atoms with Crippen LogP contribution in [0.5, 0.6) is 0 Å². The quantitative estimate of drug-likeness (QED) is 0.850. The Balaban J connectivity index is 1.34. The third-order valence-electron chi connectivity index (χ3n) is 4.99. The summed E-state index contributed by atoms with van der Waals surface area (Å²) in [7, 11) is 0. The molecule has 132 valence electrons. The maximum absolute atomic E-state index is 12.4. The number of hydrogen-bond donors (Lipinski definition) is 2. The first kappa shape index (κ1) is 16.5. The van der Waals surface area contributed by atoms with Crippen LogP contribution in [0, 0.1) is 5.92 Å². The van der Waals surface area contributed by atoms with Gasteiger partial charge in [0.25, 0.3) is 0 Å². The van der Waals surface area contributed by atoms with Gasteiger partial charge in [0.05, 0.1) is 33.4 Å². The topological polar surface area (TPSA) is 80.3 Å². The van der Waals surface area contributed by atoms with E-state index in [0.717, 1.165) is 21.6 Å². The first-order valence-electron chi connectivity index (χ1n) is 8.64. The lowest BCUT2D eigenvalue weighted by Gasteiger charge is -2.47. The molecule has 2 fully saturated rings. The van der Waals surface area contributed by atoms with Crippen molar-refractivity contribution in [3.8, 4) is 0 Å². The van der Waals surface area contributed by atoms with Gasteiger partial charge in [0, 0.05) is 32.3 Å². The fourth-order valence-electron chi connectivity index (χ4n) is 3.82. The van der Waals surface area contributed by atoms with Gasteiger partial charge in [-0.3, -0.25) is 9.59 Å². The Kier molecular flexibility index (Phi) is 4.43. The molecule has 2 heterocycles. The molecule has 2 aliphatic rings. The monoisotopic (exact) mass is 359 g/mol. The van der Waals surface area contributed by atoms with Crippen LogP contribution in [-0.4, -0.2) is 41.6 Å². The summed E-state index contributed by atoms with van der Waals surface area (Å²) >= 11 is 1.63. The number of fused-ring (bicyclic) bond motifs is 2. The number of carbonyl (C=O) groups is 2. The molecular formula is C18H21N3O3S. The predicted octanol–water partition coefficient (Wildman–Crippen LogP) is 1.64. The summed E-state index contributed by atoms with van der Waals surface area (Å²) in [6.45, 7) is 2.19. The summed E-state index contributed by atoms with van der Waals surface area (Å²) in [6.07, 6.45) is 2.01. The van der Waals surface area contributed by atoms with E-state index >= 15 is 0 Å². The van der Waals surface area contributed by atoms with Crippen molar-refractivity contribution in [1.82, 2.24) is 15.6 Å². The lowest BCUT2D eigenvalue weighted by molar-refractivity contribution is -0.130. The number of para-hydroxylation sites is 1. The van der Waals surface area contributed by atoms with Gasteiger partial charge < -0.3 is 15.4 Å². The van der Waals surface area contributed by atoms with Crippen LogP contribution in [0.1, 0.15) is 24.8 Å². The standard InChI is InChI=1S/C18H21N3O3S/c1-10(22)19-17-16(11-8-9-24-18(11)17)21-14(23)6-7-15-20-12-4-2-3-5-13(12)25-15/h2-5,11,16-18H,6-9H2,1H3,(H,19,22)(H,21,23)/t11-,16+,17-,18-/m1/s1. The average molecular weight is 359 g/mol. The van der Waals surface area contributed by atoms with Crippen LogP contribution in [0.15, 0.2) is 24.3 Å². The smallest absolute Gasteiger partial charge is 0.220 e. The highest BCUT2D eigenvalue weighted by Gasteiger charge is 2.54. The third-order valence-corrected chi connectivity index (χ3v) is 6.08. The summed E-state index contributed by atoms with van der Waals surface area (Å²) in [6, 6.07) is 7.86. The lowest BCUT2D eigenvalue weighted by Crippen LogP contribution is -2.70. The Hall–Kier alpha value is -1.99. The molecule has 4 rings (SSSR count). The van der Waals surface area contributed by atoms with Crippen molar-refractivity contribution in [2.75, 3.05) is 6.61 Å². The molecule has 2 N–H and O–H groups in total. The fourth-order valence-corrected chi connectivity index (χ4v) is 4.78. The number of thiazole rings is 1. The van der Waals surface area contributed by atoms with Gasteiger partial charge in [0.1, 0.15) is 0 Å². The second-order valence-corrected chi connectivity index (χ2v) is 7.80. The molecule has 1 saturated carbocycles. The minimum atomic E-state index is -0.114. The molecule has 0 spiro atoms. The van der Waals surface area contributed by atoms with E-state index in [4.69, 9.17) is 4.74 Å². The van der Waals surface area contributed by atoms with E-state index in [9.17, 15) is 9.59 Å². The van der Waals surface area contributed by atoms with Crippen molar-refractivity contribution in [3.63, 3.8) is 0 Å². The van der Waals surface area contributed by atoms with Crippen molar-refractivity contribution in [2.45, 2.75) is 44.4 Å². The number of aryl methyl sites for hydroxylation is 1. The molecule has 0 unspecified atom stereocenters. The Morgan fingerprint density at radius 3 is 2.92 bits per heavy atom. The zero-order valence-electron chi connectivity index (χ0n) is 14.0. The van der Waals surface area contributed by atoms with Crippen LogP contribution >= 0.6 is 11.3 Å². The normalized spacial score (nSPS) is 27.6. The number of carbonyl (C=O) groups excluding carboxylic acids is 2. The lowest BCUT2D eigenvalue weighted by atomic mass is 9.71. The molecule has 2 amide bonds. The molecule has 4 atom stereocenters. The van der Waals surface area contributed by atoms with Crippen molar-refractivity contribution in [1.29, 1.82) is 0 Å². The number of nitrogens with one attached hydrogen (secondary N) is 2. The molecule has 25 heavy (non-hydrogen) atoms. The number of hydrogen-bond acceptors (Lipinski definition) is 5. The van der Waals surface area contributed by atoms with Crippen LogP contribution in [0.3, 0.4) is 0 Å². The number of amides is 2.